The lowest BCUT2D eigenvalue weighted by atomic mass is 10.0. The Labute approximate surface area is 97.8 Å². The number of halogens is 4. The maximum Gasteiger partial charge on any atom is 0.416 e. The van der Waals surface area contributed by atoms with Crippen LogP contribution in [0, 0.1) is 0 Å². The molecule has 0 saturated heterocycles. The first-order chi connectivity index (χ1) is 7.93. The van der Waals surface area contributed by atoms with E-state index < -0.39 is 18.4 Å². The molecule has 0 heterocycles. The lowest BCUT2D eigenvalue weighted by molar-refractivity contribution is -0.137. The molecule has 0 spiro atoms. The molecule has 96 valence electrons. The zero-order valence-electron chi connectivity index (χ0n) is 9.52. The van der Waals surface area contributed by atoms with Crippen LogP contribution in [0.5, 0.6) is 0 Å². The molecule has 1 aromatic rings. The van der Waals surface area contributed by atoms with Crippen LogP contribution in [0.1, 0.15) is 18.1 Å². The van der Waals surface area contributed by atoms with Crippen LogP contribution in [0.4, 0.5) is 17.6 Å². The van der Waals surface area contributed by atoms with Gasteiger partial charge in [0.25, 0.3) is 0 Å². The standard InChI is InChI=1S/C12H15F4N/c1-9(17-6-5-13)7-10-3-2-4-11(8-10)12(14,15)16/h2-4,8-9,17H,5-7H2,1H3. The zero-order valence-corrected chi connectivity index (χ0v) is 9.52. The van der Waals surface area contributed by atoms with E-state index in [1.807, 2.05) is 6.92 Å². The summed E-state index contributed by atoms with van der Waals surface area (Å²) in [5.74, 6) is 0. The smallest absolute Gasteiger partial charge is 0.311 e. The molecule has 1 nitrogen and oxygen atoms in total. The van der Waals surface area contributed by atoms with Gasteiger partial charge in [-0.15, -0.1) is 0 Å². The van der Waals surface area contributed by atoms with Crippen LogP contribution < -0.4 is 5.32 Å². The van der Waals surface area contributed by atoms with Crippen molar-refractivity contribution in [3.05, 3.63) is 35.4 Å². The highest BCUT2D eigenvalue weighted by atomic mass is 19.4. The van der Waals surface area contributed by atoms with Crippen molar-refractivity contribution < 1.29 is 17.6 Å². The molecule has 0 amide bonds. The summed E-state index contributed by atoms with van der Waals surface area (Å²) in [6.45, 7) is 1.56. The van der Waals surface area contributed by atoms with Gasteiger partial charge in [-0.1, -0.05) is 18.2 Å². The van der Waals surface area contributed by atoms with Crippen molar-refractivity contribution in [1.29, 1.82) is 0 Å². The maximum absolute atomic E-state index is 12.4. The van der Waals surface area contributed by atoms with Crippen LogP contribution >= 0.6 is 0 Å². The average molecular weight is 249 g/mol. The van der Waals surface area contributed by atoms with Crippen molar-refractivity contribution in [3.63, 3.8) is 0 Å². The van der Waals surface area contributed by atoms with E-state index >= 15 is 0 Å². The van der Waals surface area contributed by atoms with Gasteiger partial charge in [0.15, 0.2) is 0 Å². The average Bonchev–Trinajstić information content (AvgIpc) is 2.25. The molecule has 0 aliphatic rings. The molecule has 0 fully saturated rings. The summed E-state index contributed by atoms with van der Waals surface area (Å²) in [5.41, 5.74) is -0.0497. The molecule has 1 atom stereocenters. The monoisotopic (exact) mass is 249 g/mol. The Bertz CT molecular complexity index is 349. The minimum atomic E-state index is -4.31. The van der Waals surface area contributed by atoms with Crippen molar-refractivity contribution in [3.8, 4) is 0 Å². The summed E-state index contributed by atoms with van der Waals surface area (Å²) < 4.78 is 49.2. The molecule has 0 aliphatic carbocycles. The molecule has 1 aromatic carbocycles. The van der Waals surface area contributed by atoms with Gasteiger partial charge in [-0.25, -0.2) is 4.39 Å². The predicted molar refractivity (Wildman–Crippen MR) is 58.6 cm³/mol. The highest BCUT2D eigenvalue weighted by Gasteiger charge is 2.30. The van der Waals surface area contributed by atoms with E-state index in [1.54, 1.807) is 6.07 Å². The lowest BCUT2D eigenvalue weighted by Crippen LogP contribution is -2.29. The summed E-state index contributed by atoms with van der Waals surface area (Å²) in [4.78, 5) is 0. The van der Waals surface area contributed by atoms with Gasteiger partial charge in [-0.3, -0.25) is 0 Å². The second-order valence-corrected chi connectivity index (χ2v) is 3.95. The number of nitrogens with one attached hydrogen (secondary N) is 1. The summed E-state index contributed by atoms with van der Waals surface area (Å²) >= 11 is 0. The fourth-order valence-electron chi connectivity index (χ4n) is 1.60. The molecule has 0 aromatic heterocycles. The van der Waals surface area contributed by atoms with Crippen molar-refractivity contribution in [2.45, 2.75) is 25.6 Å². The minimum absolute atomic E-state index is 0.0470. The van der Waals surface area contributed by atoms with Crippen LogP contribution in [0.3, 0.4) is 0 Å². The van der Waals surface area contributed by atoms with Gasteiger partial charge in [0.1, 0.15) is 6.67 Å². The molecule has 5 heteroatoms. The Morgan fingerprint density at radius 2 is 2.00 bits per heavy atom. The van der Waals surface area contributed by atoms with E-state index in [1.165, 1.54) is 6.07 Å². The van der Waals surface area contributed by atoms with E-state index in [-0.39, 0.29) is 12.6 Å². The lowest BCUT2D eigenvalue weighted by Gasteiger charge is -2.14. The number of rotatable bonds is 5. The first-order valence-corrected chi connectivity index (χ1v) is 5.39. The number of hydrogen-bond acceptors (Lipinski definition) is 1. The molecule has 0 saturated carbocycles. The Morgan fingerprint density at radius 1 is 1.29 bits per heavy atom. The normalized spacial score (nSPS) is 13.7. The van der Waals surface area contributed by atoms with Crippen molar-refractivity contribution in [2.24, 2.45) is 0 Å². The zero-order chi connectivity index (χ0) is 12.9. The summed E-state index contributed by atoms with van der Waals surface area (Å²) in [7, 11) is 0. The summed E-state index contributed by atoms with van der Waals surface area (Å²) in [5, 5.41) is 2.88. The van der Waals surface area contributed by atoms with Gasteiger partial charge < -0.3 is 5.32 Å². The van der Waals surface area contributed by atoms with Crippen LogP contribution in [0.15, 0.2) is 24.3 Å². The topological polar surface area (TPSA) is 12.0 Å². The van der Waals surface area contributed by atoms with Crippen LogP contribution in [-0.4, -0.2) is 19.3 Å². The second-order valence-electron chi connectivity index (χ2n) is 3.95. The van der Waals surface area contributed by atoms with Gasteiger partial charge in [0.05, 0.1) is 5.56 Å². The summed E-state index contributed by atoms with van der Waals surface area (Å²) in [6, 6.07) is 5.16. The van der Waals surface area contributed by atoms with Gasteiger partial charge in [-0.2, -0.15) is 13.2 Å². The molecular formula is C12H15F4N. The molecule has 0 radical (unpaired) electrons. The highest BCUT2D eigenvalue weighted by Crippen LogP contribution is 2.29. The fourth-order valence-corrected chi connectivity index (χ4v) is 1.60. The van der Waals surface area contributed by atoms with Crippen molar-refractivity contribution in [1.82, 2.24) is 5.32 Å². The molecule has 0 aliphatic heterocycles. The van der Waals surface area contributed by atoms with E-state index in [4.69, 9.17) is 0 Å². The third-order valence-electron chi connectivity index (χ3n) is 2.38. The second kappa shape index (κ2) is 6.00. The van der Waals surface area contributed by atoms with Gasteiger partial charge >= 0.3 is 6.18 Å². The molecule has 1 rings (SSSR count). The first-order valence-electron chi connectivity index (χ1n) is 5.39. The number of hydrogen-bond donors (Lipinski definition) is 1. The van der Waals surface area contributed by atoms with Crippen molar-refractivity contribution >= 4 is 0 Å². The van der Waals surface area contributed by atoms with Gasteiger partial charge in [-0.05, 0) is 25.0 Å². The third kappa shape index (κ3) is 4.73. The quantitative estimate of drug-likeness (QED) is 0.790. The van der Waals surface area contributed by atoms with E-state index in [9.17, 15) is 17.6 Å². The third-order valence-corrected chi connectivity index (χ3v) is 2.38. The Morgan fingerprint density at radius 3 is 2.59 bits per heavy atom. The fraction of sp³-hybridized carbons (Fsp3) is 0.500. The SMILES string of the molecule is CC(Cc1cccc(C(F)(F)F)c1)NCCF. The Hall–Kier alpha value is -1.10. The van der Waals surface area contributed by atoms with Crippen LogP contribution in [0.25, 0.3) is 0 Å². The Balaban J connectivity index is 2.66. The van der Waals surface area contributed by atoms with Gasteiger partial charge in [0, 0.05) is 12.6 Å². The van der Waals surface area contributed by atoms with Gasteiger partial charge in [0.2, 0.25) is 0 Å². The molecule has 0 bridgehead atoms. The highest BCUT2D eigenvalue weighted by molar-refractivity contribution is 5.26. The van der Waals surface area contributed by atoms with Crippen LogP contribution in [-0.2, 0) is 12.6 Å². The van der Waals surface area contributed by atoms with E-state index in [2.05, 4.69) is 5.32 Å². The molecule has 1 unspecified atom stereocenters. The molecule has 17 heavy (non-hydrogen) atoms. The number of benzene rings is 1. The molecule has 1 N–H and O–H groups in total. The first kappa shape index (κ1) is 14.0. The summed E-state index contributed by atoms with van der Waals surface area (Å²) in [6.07, 6.45) is -3.87. The van der Waals surface area contributed by atoms with E-state index in [0.29, 0.717) is 12.0 Å². The maximum atomic E-state index is 12.4. The largest absolute Gasteiger partial charge is 0.416 e. The minimum Gasteiger partial charge on any atom is -0.311 e. The van der Waals surface area contributed by atoms with Crippen LogP contribution in [0.2, 0.25) is 0 Å². The number of alkyl halides is 4. The predicted octanol–water partition coefficient (Wildman–Crippen LogP) is 3.20. The van der Waals surface area contributed by atoms with E-state index in [0.717, 1.165) is 12.1 Å². The Kier molecular flexibility index (Phi) is 4.93. The molecular weight excluding hydrogens is 234 g/mol. The van der Waals surface area contributed by atoms with Crippen molar-refractivity contribution in [2.75, 3.05) is 13.2 Å².